The number of pyridine rings is 1. The summed E-state index contributed by atoms with van der Waals surface area (Å²) < 4.78 is 11.0. The van der Waals surface area contributed by atoms with Gasteiger partial charge in [-0.15, -0.1) is 0 Å². The van der Waals surface area contributed by atoms with Crippen molar-refractivity contribution in [3.05, 3.63) is 29.0 Å². The van der Waals surface area contributed by atoms with E-state index in [0.29, 0.717) is 18.4 Å². The minimum atomic E-state index is 0.280. The zero-order valence-electron chi connectivity index (χ0n) is 8.49. The second-order valence-electron chi connectivity index (χ2n) is 3.64. The normalized spacial score (nSPS) is 20.7. The molecule has 1 fully saturated rings. The van der Waals surface area contributed by atoms with E-state index in [9.17, 15) is 0 Å². The van der Waals surface area contributed by atoms with Crippen LogP contribution >= 0.6 is 11.6 Å². The molecule has 0 radical (unpaired) electrons. The Morgan fingerprint density at radius 1 is 1.60 bits per heavy atom. The first-order valence-corrected chi connectivity index (χ1v) is 5.52. The van der Waals surface area contributed by atoms with Crippen LogP contribution in [0.15, 0.2) is 18.3 Å². The van der Waals surface area contributed by atoms with E-state index in [4.69, 9.17) is 21.1 Å². The molecule has 0 aromatic carbocycles. The summed E-state index contributed by atoms with van der Waals surface area (Å²) in [6.45, 7) is 2.11. The summed E-state index contributed by atoms with van der Waals surface area (Å²) >= 11 is 5.76. The first-order valence-electron chi connectivity index (χ1n) is 5.14. The highest BCUT2D eigenvalue weighted by molar-refractivity contribution is 6.29. The molecule has 2 rings (SSSR count). The van der Waals surface area contributed by atoms with Crippen LogP contribution < -0.4 is 0 Å². The molecule has 0 spiro atoms. The molecule has 0 N–H and O–H groups in total. The van der Waals surface area contributed by atoms with Gasteiger partial charge in [-0.05, 0) is 30.5 Å². The highest BCUT2D eigenvalue weighted by Gasteiger charge is 2.15. The average Bonchev–Trinajstić information content (AvgIpc) is 2.71. The summed E-state index contributed by atoms with van der Waals surface area (Å²) in [5.41, 5.74) is 1.05. The Kier molecular flexibility index (Phi) is 3.94. The molecule has 1 aromatic heterocycles. The highest BCUT2D eigenvalue weighted by atomic mass is 35.5. The van der Waals surface area contributed by atoms with Gasteiger partial charge in [0.25, 0.3) is 0 Å². The smallest absolute Gasteiger partial charge is 0.129 e. The summed E-state index contributed by atoms with van der Waals surface area (Å²) in [5.74, 6) is 0. The van der Waals surface area contributed by atoms with Crippen molar-refractivity contribution in [1.29, 1.82) is 0 Å². The standard InChI is InChI=1S/C11H14ClNO2/c12-11-6-9(3-4-13-11)7-14-8-10-2-1-5-15-10/h3-4,6,10H,1-2,5,7-8H2. The van der Waals surface area contributed by atoms with Gasteiger partial charge in [0.1, 0.15) is 5.15 Å². The third-order valence-corrected chi connectivity index (χ3v) is 2.59. The third-order valence-electron chi connectivity index (χ3n) is 2.39. The Bertz CT molecular complexity index is 313. The predicted molar refractivity (Wildman–Crippen MR) is 57.9 cm³/mol. The molecular weight excluding hydrogens is 214 g/mol. The molecule has 1 atom stereocenters. The van der Waals surface area contributed by atoms with Gasteiger partial charge in [-0.2, -0.15) is 0 Å². The Labute approximate surface area is 94.4 Å². The fourth-order valence-corrected chi connectivity index (χ4v) is 1.81. The molecule has 1 unspecified atom stereocenters. The van der Waals surface area contributed by atoms with Gasteiger partial charge < -0.3 is 9.47 Å². The maximum atomic E-state index is 5.76. The molecule has 2 heterocycles. The lowest BCUT2D eigenvalue weighted by Crippen LogP contribution is -2.13. The zero-order chi connectivity index (χ0) is 10.5. The average molecular weight is 228 g/mol. The molecule has 0 saturated carbocycles. The van der Waals surface area contributed by atoms with Gasteiger partial charge in [0.05, 0.1) is 19.3 Å². The van der Waals surface area contributed by atoms with Crippen molar-refractivity contribution in [3.8, 4) is 0 Å². The van der Waals surface area contributed by atoms with Crippen LogP contribution in [0.3, 0.4) is 0 Å². The second kappa shape index (κ2) is 5.45. The molecule has 1 aliphatic heterocycles. The van der Waals surface area contributed by atoms with Crippen molar-refractivity contribution >= 4 is 11.6 Å². The van der Waals surface area contributed by atoms with E-state index in [1.807, 2.05) is 12.1 Å². The Hall–Kier alpha value is -0.640. The maximum Gasteiger partial charge on any atom is 0.129 e. The summed E-state index contributed by atoms with van der Waals surface area (Å²) in [6.07, 6.45) is 4.22. The van der Waals surface area contributed by atoms with Gasteiger partial charge in [-0.3, -0.25) is 0 Å². The van der Waals surface area contributed by atoms with Crippen molar-refractivity contribution in [2.75, 3.05) is 13.2 Å². The molecule has 0 bridgehead atoms. The molecule has 0 aliphatic carbocycles. The number of hydrogen-bond donors (Lipinski definition) is 0. The maximum absolute atomic E-state index is 5.76. The predicted octanol–water partition coefficient (Wildman–Crippen LogP) is 2.43. The van der Waals surface area contributed by atoms with Crippen molar-refractivity contribution in [2.45, 2.75) is 25.6 Å². The Morgan fingerprint density at radius 3 is 3.27 bits per heavy atom. The summed E-state index contributed by atoms with van der Waals surface area (Å²) in [7, 11) is 0. The van der Waals surface area contributed by atoms with E-state index in [1.165, 1.54) is 0 Å². The van der Waals surface area contributed by atoms with Crippen LogP contribution in [0.2, 0.25) is 5.15 Å². The monoisotopic (exact) mass is 227 g/mol. The SMILES string of the molecule is Clc1cc(COCC2CCCO2)ccn1. The summed E-state index contributed by atoms with van der Waals surface area (Å²) in [4.78, 5) is 3.91. The van der Waals surface area contributed by atoms with E-state index in [2.05, 4.69) is 4.98 Å². The molecule has 3 nitrogen and oxygen atoms in total. The fraction of sp³-hybridized carbons (Fsp3) is 0.545. The number of hydrogen-bond acceptors (Lipinski definition) is 3. The molecule has 0 amide bonds. The number of rotatable bonds is 4. The van der Waals surface area contributed by atoms with Crippen molar-refractivity contribution in [2.24, 2.45) is 0 Å². The van der Waals surface area contributed by atoms with E-state index in [1.54, 1.807) is 6.20 Å². The Balaban J connectivity index is 1.73. The lowest BCUT2D eigenvalue weighted by Gasteiger charge is -2.09. The van der Waals surface area contributed by atoms with Gasteiger partial charge in [-0.1, -0.05) is 11.6 Å². The van der Waals surface area contributed by atoms with Gasteiger partial charge >= 0.3 is 0 Å². The molecule has 1 aliphatic rings. The van der Waals surface area contributed by atoms with Crippen LogP contribution in [0.1, 0.15) is 18.4 Å². The van der Waals surface area contributed by atoms with Crippen LogP contribution in [0.25, 0.3) is 0 Å². The summed E-state index contributed by atoms with van der Waals surface area (Å²) in [6, 6.07) is 3.72. The van der Waals surface area contributed by atoms with Crippen LogP contribution in [-0.4, -0.2) is 24.3 Å². The van der Waals surface area contributed by atoms with Gasteiger partial charge in [0.2, 0.25) is 0 Å². The first kappa shape index (κ1) is 10.9. The highest BCUT2D eigenvalue weighted by Crippen LogP contribution is 2.13. The van der Waals surface area contributed by atoms with E-state index < -0.39 is 0 Å². The van der Waals surface area contributed by atoms with Gasteiger partial charge in [0.15, 0.2) is 0 Å². The second-order valence-corrected chi connectivity index (χ2v) is 4.02. The van der Waals surface area contributed by atoms with E-state index >= 15 is 0 Å². The zero-order valence-corrected chi connectivity index (χ0v) is 9.24. The van der Waals surface area contributed by atoms with Crippen LogP contribution in [0.4, 0.5) is 0 Å². The molecule has 82 valence electrons. The minimum absolute atomic E-state index is 0.280. The quantitative estimate of drug-likeness (QED) is 0.741. The lowest BCUT2D eigenvalue weighted by atomic mass is 10.2. The van der Waals surface area contributed by atoms with Crippen molar-refractivity contribution in [3.63, 3.8) is 0 Å². The largest absolute Gasteiger partial charge is 0.376 e. The molecule has 15 heavy (non-hydrogen) atoms. The Morgan fingerprint density at radius 2 is 2.53 bits per heavy atom. The molecule has 1 saturated heterocycles. The number of aromatic nitrogens is 1. The number of halogens is 1. The molecule has 4 heteroatoms. The topological polar surface area (TPSA) is 31.4 Å². The van der Waals surface area contributed by atoms with Gasteiger partial charge in [-0.25, -0.2) is 4.98 Å². The van der Waals surface area contributed by atoms with E-state index in [-0.39, 0.29) is 6.10 Å². The van der Waals surface area contributed by atoms with Crippen LogP contribution in [0.5, 0.6) is 0 Å². The molecule has 1 aromatic rings. The van der Waals surface area contributed by atoms with Crippen LogP contribution in [-0.2, 0) is 16.1 Å². The number of nitrogens with zero attached hydrogens (tertiary/aromatic N) is 1. The fourth-order valence-electron chi connectivity index (χ4n) is 1.62. The van der Waals surface area contributed by atoms with Crippen LogP contribution in [0, 0.1) is 0 Å². The summed E-state index contributed by atoms with van der Waals surface area (Å²) in [5, 5.41) is 0.508. The minimum Gasteiger partial charge on any atom is -0.376 e. The lowest BCUT2D eigenvalue weighted by molar-refractivity contribution is 0.0106. The van der Waals surface area contributed by atoms with E-state index in [0.717, 1.165) is 25.0 Å². The molecular formula is C11H14ClNO2. The van der Waals surface area contributed by atoms with Gasteiger partial charge in [0, 0.05) is 12.8 Å². The van der Waals surface area contributed by atoms with Crippen molar-refractivity contribution in [1.82, 2.24) is 4.98 Å². The number of ether oxygens (including phenoxy) is 2. The first-order chi connectivity index (χ1) is 7.34. The van der Waals surface area contributed by atoms with Crippen molar-refractivity contribution < 1.29 is 9.47 Å². The third kappa shape index (κ3) is 3.45.